The number of halogens is 8. The molecule has 0 bridgehead atoms. The van der Waals surface area contributed by atoms with Crippen LogP contribution in [-0.2, 0) is 31.1 Å². The van der Waals surface area contributed by atoms with Crippen LogP contribution in [0.2, 0.25) is 0 Å². The third-order valence-electron chi connectivity index (χ3n) is 9.54. The van der Waals surface area contributed by atoms with E-state index in [1.807, 2.05) is 15.7 Å². The number of rotatable bonds is 15. The van der Waals surface area contributed by atoms with Crippen LogP contribution in [0.1, 0.15) is 58.1 Å². The first-order valence-corrected chi connectivity index (χ1v) is 23.1. The number of benzene rings is 2. The number of aromatic nitrogens is 14. The van der Waals surface area contributed by atoms with Crippen LogP contribution in [-0.4, -0.2) is 112 Å². The molecule has 8 aromatic rings. The highest BCUT2D eigenvalue weighted by Crippen LogP contribution is 2.24. The predicted molar refractivity (Wildman–Crippen MR) is 250 cm³/mol. The lowest BCUT2D eigenvalue weighted by molar-refractivity contribution is -0.884. The summed E-state index contributed by atoms with van der Waals surface area (Å²) in [6, 6.07) is 18.7. The number of hydrogen-bond acceptors (Lipinski definition) is 15. The number of nitrogens with two attached hydrogens (primary N) is 1. The van der Waals surface area contributed by atoms with Gasteiger partial charge in [-0.1, -0.05) is 57.3 Å². The van der Waals surface area contributed by atoms with E-state index in [2.05, 4.69) is 94.7 Å². The van der Waals surface area contributed by atoms with Crippen LogP contribution in [0.15, 0.2) is 97.8 Å². The maximum Gasteiger partial charge on any atom is 0.430 e. The van der Waals surface area contributed by atoms with Gasteiger partial charge in [-0.2, -0.15) is 13.2 Å². The molecule has 0 aliphatic rings. The molecule has 0 fully saturated rings. The number of alkyl halides is 8. The van der Waals surface area contributed by atoms with E-state index in [0.29, 0.717) is 64.1 Å². The van der Waals surface area contributed by atoms with Crippen LogP contribution in [0.25, 0.3) is 23.0 Å². The van der Waals surface area contributed by atoms with E-state index in [0.717, 1.165) is 22.4 Å². The largest absolute Gasteiger partial charge is 0.542 e. The van der Waals surface area contributed by atoms with E-state index in [4.69, 9.17) is 25.1 Å². The van der Waals surface area contributed by atoms with Gasteiger partial charge in [-0.3, -0.25) is 9.13 Å². The Morgan fingerprint density at radius 2 is 1.04 bits per heavy atom. The first-order chi connectivity index (χ1) is 34.2. The van der Waals surface area contributed by atoms with Crippen molar-refractivity contribution in [3.8, 4) is 34.8 Å². The summed E-state index contributed by atoms with van der Waals surface area (Å²) in [5.74, 6) is -1.14. The van der Waals surface area contributed by atoms with Gasteiger partial charge in [0.2, 0.25) is 11.8 Å². The van der Waals surface area contributed by atoms with Crippen LogP contribution in [0.5, 0.6) is 11.8 Å². The number of carboxylic acids is 1. The van der Waals surface area contributed by atoms with Crippen molar-refractivity contribution in [3.05, 3.63) is 143 Å². The lowest BCUT2D eigenvalue weighted by atomic mass is 10.2. The van der Waals surface area contributed by atoms with Crippen LogP contribution >= 0.6 is 22.6 Å². The standard InChI is InChI=1S/C22H25F2N8O.C19H18F2N8O.C2HF3O2.CH3I/c1-15-19(31(29-26-15)18-7-5-16(6-8-18)22(23)24)13-33-21-10-9-20(27-28-21)30-11-17(25-14-30)12-32(2,3)4;1-12-16(29(27-24-12)15-4-2-13(3-5-15)19(20)21)10-30-18-7-6-17(25-26-18)28-9-14(8-22)23-11-28;3-2(4,5)1(6)7;1-2/h5-11,14,22H,12-13H2,1-4H3;2-7,9,11,19H,8,10,22H2,1H3;(H,6,7);1H3/q+1;;;/p-1. The van der Waals surface area contributed by atoms with E-state index < -0.39 is 25.0 Å². The third-order valence-corrected chi connectivity index (χ3v) is 9.54. The Balaban J connectivity index is 0.000000230. The summed E-state index contributed by atoms with van der Waals surface area (Å²) in [4.78, 5) is 19.3. The highest BCUT2D eigenvalue weighted by atomic mass is 127. The van der Waals surface area contributed by atoms with Crippen molar-refractivity contribution in [1.29, 1.82) is 0 Å². The fraction of sp³-hybridized carbons (Fsp3) is 0.295. The van der Waals surface area contributed by atoms with Crippen molar-refractivity contribution >= 4 is 28.6 Å². The summed E-state index contributed by atoms with van der Waals surface area (Å²) in [5, 5.41) is 41.7. The topological polar surface area (TPSA) is 233 Å². The normalized spacial score (nSPS) is 11.3. The van der Waals surface area contributed by atoms with Gasteiger partial charge in [-0.05, 0) is 55.2 Å². The van der Waals surface area contributed by atoms with E-state index in [1.165, 1.54) is 24.3 Å². The lowest BCUT2D eigenvalue weighted by Gasteiger charge is -2.22. The highest BCUT2D eigenvalue weighted by molar-refractivity contribution is 14.1. The molecule has 6 heterocycles. The lowest BCUT2D eigenvalue weighted by Crippen LogP contribution is -2.37. The first-order valence-electron chi connectivity index (χ1n) is 20.9. The quantitative estimate of drug-likeness (QED) is 0.0525. The average molecular weight is 1120 g/mol. The summed E-state index contributed by atoms with van der Waals surface area (Å²) < 4.78 is 102. The van der Waals surface area contributed by atoms with E-state index in [-0.39, 0.29) is 24.3 Å². The molecule has 0 aliphatic heterocycles. The number of ether oxygens (including phenoxy) is 2. The third kappa shape index (κ3) is 15.5. The molecule has 8 rings (SSSR count). The molecule has 28 heteroatoms. The zero-order chi connectivity index (χ0) is 52.8. The molecule has 0 aliphatic carbocycles. The maximum atomic E-state index is 12.8. The van der Waals surface area contributed by atoms with Gasteiger partial charge >= 0.3 is 6.18 Å². The zero-order valence-electron chi connectivity index (χ0n) is 39.2. The Kier molecular flexibility index (Phi) is 19.3. The molecule has 0 saturated carbocycles. The van der Waals surface area contributed by atoms with E-state index in [9.17, 15) is 30.7 Å². The number of carbonyl (C=O) groups excluding carboxylic acids is 1. The van der Waals surface area contributed by atoms with Crippen LogP contribution in [0.3, 0.4) is 0 Å². The van der Waals surface area contributed by atoms with Crippen molar-refractivity contribution in [2.24, 2.45) is 5.73 Å². The van der Waals surface area contributed by atoms with Crippen LogP contribution in [0, 0.1) is 13.8 Å². The van der Waals surface area contributed by atoms with Gasteiger partial charge in [-0.25, -0.2) is 36.9 Å². The SMILES string of the molecule is CI.Cc1nnn(-c2ccc(C(F)F)cc2)c1COc1ccc(-n2cnc(CN)c2)nn1.Cc1nnn(-c2ccc(C(F)F)cc2)c1COc1ccc(-n2cnc(C[N+](C)(C)C)c2)nn1.O=C([O-])C(F)(F)F. The van der Waals surface area contributed by atoms with Crippen LogP contribution < -0.4 is 20.3 Å². The molecule has 0 amide bonds. The van der Waals surface area contributed by atoms with Gasteiger partial charge in [0.25, 0.3) is 12.9 Å². The summed E-state index contributed by atoms with van der Waals surface area (Å²) in [5.41, 5.74) is 11.1. The molecule has 20 nitrogen and oxygen atoms in total. The number of aryl methyl sites for hydroxylation is 2. The minimum atomic E-state index is -5.19. The number of imidazole rings is 2. The Labute approximate surface area is 420 Å². The van der Waals surface area contributed by atoms with Crippen molar-refractivity contribution in [2.75, 3.05) is 26.1 Å². The summed E-state index contributed by atoms with van der Waals surface area (Å²) in [7, 11) is 6.31. The fourth-order valence-electron chi connectivity index (χ4n) is 6.01. The molecule has 0 unspecified atom stereocenters. The Morgan fingerprint density at radius 1 is 0.653 bits per heavy atom. The van der Waals surface area contributed by atoms with Crippen LogP contribution in [0.4, 0.5) is 30.7 Å². The summed E-state index contributed by atoms with van der Waals surface area (Å²) >= 11 is 2.15. The smallest absolute Gasteiger partial charge is 0.430 e. The first kappa shape index (κ1) is 55.5. The number of aliphatic carboxylic acids is 1. The van der Waals surface area contributed by atoms with E-state index >= 15 is 0 Å². The second-order valence-corrected chi connectivity index (χ2v) is 15.9. The minimum absolute atomic E-state index is 0.0498. The molecule has 2 N–H and O–H groups in total. The number of quaternary nitrogens is 1. The number of carboxylic acid groups (broad SMARTS) is 1. The molecule has 0 spiro atoms. The van der Waals surface area contributed by atoms with Crippen molar-refractivity contribution in [1.82, 2.24) is 69.5 Å². The average Bonchev–Trinajstić information content (AvgIpc) is 4.18. The second-order valence-electron chi connectivity index (χ2n) is 15.9. The molecule has 0 atom stereocenters. The molecule has 0 saturated heterocycles. The Bertz CT molecular complexity index is 2940. The molecule has 0 radical (unpaired) electrons. The highest BCUT2D eigenvalue weighted by Gasteiger charge is 2.29. The zero-order valence-corrected chi connectivity index (χ0v) is 41.3. The van der Waals surface area contributed by atoms with Gasteiger partial charge in [-0.15, -0.1) is 30.6 Å². The maximum absolute atomic E-state index is 12.8. The number of hydrogen-bond donors (Lipinski definition) is 1. The monoisotopic (exact) mass is 1120 g/mol. The number of carbonyl (C=O) groups is 1. The second kappa shape index (κ2) is 25.1. The summed E-state index contributed by atoms with van der Waals surface area (Å²) in [6.45, 7) is 5.01. The van der Waals surface area contributed by atoms with Gasteiger partial charge in [0.1, 0.15) is 55.5 Å². The minimum Gasteiger partial charge on any atom is -0.542 e. The molecule has 6 aromatic heterocycles. The van der Waals surface area contributed by atoms with Gasteiger partial charge < -0.3 is 29.6 Å². The van der Waals surface area contributed by atoms with Crippen molar-refractivity contribution in [3.63, 3.8) is 0 Å². The van der Waals surface area contributed by atoms with Gasteiger partial charge in [0.05, 0.1) is 49.6 Å². The Morgan fingerprint density at radius 3 is 1.36 bits per heavy atom. The molecule has 382 valence electrons. The van der Waals surface area contributed by atoms with Gasteiger partial charge in [0.15, 0.2) is 11.6 Å². The van der Waals surface area contributed by atoms with E-state index in [1.54, 1.807) is 95.2 Å². The fourth-order valence-corrected chi connectivity index (χ4v) is 6.01. The number of nitrogens with zero attached hydrogens (tertiary/aromatic N) is 15. The van der Waals surface area contributed by atoms with Crippen molar-refractivity contribution in [2.45, 2.75) is 59.2 Å². The molecule has 2 aromatic carbocycles. The van der Waals surface area contributed by atoms with Gasteiger partial charge in [0, 0.05) is 42.2 Å². The molecular formula is C44H46F7IN16O4. The van der Waals surface area contributed by atoms with Crippen molar-refractivity contribution < 1.29 is 54.6 Å². The molecule has 72 heavy (non-hydrogen) atoms. The molecular weight excluding hydrogens is 1080 g/mol. The Hall–Kier alpha value is -7.47. The predicted octanol–water partition coefficient (Wildman–Crippen LogP) is 6.15. The summed E-state index contributed by atoms with van der Waals surface area (Å²) in [6.07, 6.45) is -3.21.